The monoisotopic (exact) mass is 236 g/mol. The Balaban J connectivity index is 1.53. The van der Waals surface area contributed by atoms with E-state index in [1.165, 1.54) is 32.1 Å². The summed E-state index contributed by atoms with van der Waals surface area (Å²) >= 11 is 0. The summed E-state index contributed by atoms with van der Waals surface area (Å²) in [5, 5.41) is 6.73. The lowest BCUT2D eigenvalue weighted by Crippen LogP contribution is -2.52. The molecular formula is C14H24N2O. The Hall–Kier alpha value is -0.570. The molecule has 4 atom stereocenters. The maximum Gasteiger partial charge on any atom is 0.223 e. The highest BCUT2D eigenvalue weighted by Gasteiger charge is 2.54. The first-order valence-corrected chi connectivity index (χ1v) is 7.31. The van der Waals surface area contributed by atoms with Gasteiger partial charge in [-0.25, -0.2) is 0 Å². The van der Waals surface area contributed by atoms with E-state index in [1.807, 2.05) is 0 Å². The van der Waals surface area contributed by atoms with E-state index in [4.69, 9.17) is 0 Å². The van der Waals surface area contributed by atoms with Crippen LogP contribution in [0.5, 0.6) is 0 Å². The van der Waals surface area contributed by atoms with Crippen molar-refractivity contribution in [1.82, 2.24) is 10.6 Å². The van der Waals surface area contributed by atoms with Gasteiger partial charge in [0, 0.05) is 18.0 Å². The molecule has 0 radical (unpaired) electrons. The molecule has 0 aromatic rings. The zero-order valence-electron chi connectivity index (χ0n) is 10.7. The van der Waals surface area contributed by atoms with E-state index in [9.17, 15) is 4.79 Å². The number of hydrogen-bond acceptors (Lipinski definition) is 2. The average Bonchev–Trinajstić information content (AvgIpc) is 3.06. The van der Waals surface area contributed by atoms with Crippen LogP contribution in [0.2, 0.25) is 0 Å². The Bertz CT molecular complexity index is 293. The number of piperidine rings is 1. The third-order valence-electron chi connectivity index (χ3n) is 5.05. The first kappa shape index (κ1) is 11.5. The van der Waals surface area contributed by atoms with E-state index >= 15 is 0 Å². The van der Waals surface area contributed by atoms with Gasteiger partial charge < -0.3 is 10.6 Å². The van der Waals surface area contributed by atoms with Gasteiger partial charge in [0.1, 0.15) is 0 Å². The second-order valence-electron chi connectivity index (χ2n) is 6.14. The fraction of sp³-hybridized carbons (Fsp3) is 0.929. The molecule has 1 amide bonds. The van der Waals surface area contributed by atoms with Gasteiger partial charge in [-0.1, -0.05) is 12.8 Å². The van der Waals surface area contributed by atoms with Crippen molar-refractivity contribution >= 4 is 5.91 Å². The van der Waals surface area contributed by atoms with Crippen LogP contribution < -0.4 is 10.6 Å². The van der Waals surface area contributed by atoms with Gasteiger partial charge >= 0.3 is 0 Å². The maximum absolute atomic E-state index is 12.2. The standard InChI is InChI=1S/C14H24N2O/c1-9-12(7-4-8-15-9)16-14(17)13-10-5-2-3-6-11(10)13/h9-13,15H,2-8H2,1H3,(H,16,17). The van der Waals surface area contributed by atoms with Crippen LogP contribution in [0.15, 0.2) is 0 Å². The molecule has 1 saturated heterocycles. The highest BCUT2D eigenvalue weighted by atomic mass is 16.2. The molecule has 2 saturated carbocycles. The molecule has 3 fully saturated rings. The average molecular weight is 236 g/mol. The van der Waals surface area contributed by atoms with Crippen molar-refractivity contribution in [2.75, 3.05) is 6.54 Å². The summed E-state index contributed by atoms with van der Waals surface area (Å²) in [7, 11) is 0. The second kappa shape index (κ2) is 4.60. The third-order valence-corrected chi connectivity index (χ3v) is 5.05. The molecule has 0 aromatic carbocycles. The van der Waals surface area contributed by atoms with Crippen LogP contribution >= 0.6 is 0 Å². The number of fused-ring (bicyclic) bond motifs is 1. The van der Waals surface area contributed by atoms with Crippen molar-refractivity contribution in [3.63, 3.8) is 0 Å². The molecule has 2 aliphatic carbocycles. The second-order valence-corrected chi connectivity index (χ2v) is 6.14. The molecular weight excluding hydrogens is 212 g/mol. The number of carbonyl (C=O) groups excluding carboxylic acids is 1. The molecule has 0 spiro atoms. The van der Waals surface area contributed by atoms with E-state index in [-0.39, 0.29) is 0 Å². The summed E-state index contributed by atoms with van der Waals surface area (Å²) in [6.45, 7) is 3.28. The van der Waals surface area contributed by atoms with Crippen LogP contribution in [0.3, 0.4) is 0 Å². The molecule has 0 bridgehead atoms. The van der Waals surface area contributed by atoms with Gasteiger partial charge in [-0.05, 0) is 51.0 Å². The zero-order chi connectivity index (χ0) is 11.8. The highest BCUT2D eigenvalue weighted by molar-refractivity contribution is 5.82. The molecule has 17 heavy (non-hydrogen) atoms. The molecule has 3 heteroatoms. The molecule has 96 valence electrons. The lowest BCUT2D eigenvalue weighted by Gasteiger charge is -2.30. The van der Waals surface area contributed by atoms with Crippen molar-refractivity contribution in [2.24, 2.45) is 17.8 Å². The number of carbonyl (C=O) groups is 1. The zero-order valence-corrected chi connectivity index (χ0v) is 10.7. The van der Waals surface area contributed by atoms with Crippen molar-refractivity contribution in [3.05, 3.63) is 0 Å². The summed E-state index contributed by atoms with van der Waals surface area (Å²) in [6, 6.07) is 0.799. The number of hydrogen-bond donors (Lipinski definition) is 2. The minimum Gasteiger partial charge on any atom is -0.352 e. The Morgan fingerprint density at radius 3 is 2.47 bits per heavy atom. The minimum absolute atomic E-state index is 0.349. The fourth-order valence-electron chi connectivity index (χ4n) is 3.90. The fourth-order valence-corrected chi connectivity index (χ4v) is 3.90. The quantitative estimate of drug-likeness (QED) is 0.766. The molecule has 3 aliphatic rings. The van der Waals surface area contributed by atoms with Gasteiger partial charge in [0.25, 0.3) is 0 Å². The van der Waals surface area contributed by atoms with Crippen molar-refractivity contribution in [2.45, 2.75) is 57.5 Å². The maximum atomic E-state index is 12.2. The lowest BCUT2D eigenvalue weighted by molar-refractivity contribution is -0.124. The highest BCUT2D eigenvalue weighted by Crippen LogP contribution is 2.55. The predicted octanol–water partition coefficient (Wildman–Crippen LogP) is 1.68. The molecule has 1 heterocycles. The predicted molar refractivity (Wildman–Crippen MR) is 67.6 cm³/mol. The molecule has 3 nitrogen and oxygen atoms in total. The van der Waals surface area contributed by atoms with E-state index in [2.05, 4.69) is 17.6 Å². The van der Waals surface area contributed by atoms with Crippen LogP contribution in [-0.2, 0) is 4.79 Å². The number of amides is 1. The third kappa shape index (κ3) is 2.22. The Labute approximate surface area is 104 Å². The number of nitrogens with one attached hydrogen (secondary N) is 2. The topological polar surface area (TPSA) is 41.1 Å². The van der Waals surface area contributed by atoms with Gasteiger partial charge in [-0.2, -0.15) is 0 Å². The first-order chi connectivity index (χ1) is 8.27. The van der Waals surface area contributed by atoms with Crippen molar-refractivity contribution in [1.29, 1.82) is 0 Å². The Morgan fingerprint density at radius 1 is 1.12 bits per heavy atom. The summed E-state index contributed by atoms with van der Waals surface area (Å²) in [5.41, 5.74) is 0. The van der Waals surface area contributed by atoms with Crippen molar-refractivity contribution in [3.8, 4) is 0 Å². The van der Waals surface area contributed by atoms with Gasteiger partial charge in [-0.15, -0.1) is 0 Å². The summed E-state index contributed by atoms with van der Waals surface area (Å²) < 4.78 is 0. The minimum atomic E-state index is 0.349. The smallest absolute Gasteiger partial charge is 0.223 e. The summed E-state index contributed by atoms with van der Waals surface area (Å²) in [5.74, 6) is 2.18. The van der Waals surface area contributed by atoms with Gasteiger partial charge in [0.05, 0.1) is 0 Å². The van der Waals surface area contributed by atoms with Gasteiger partial charge in [-0.3, -0.25) is 4.79 Å². The first-order valence-electron chi connectivity index (χ1n) is 7.31. The Kier molecular flexibility index (Phi) is 3.12. The SMILES string of the molecule is CC1NCCCC1NC(=O)C1C2CCCCC21. The number of rotatable bonds is 2. The molecule has 0 aromatic heterocycles. The van der Waals surface area contributed by atoms with E-state index in [0.29, 0.717) is 23.9 Å². The molecule has 1 aliphatic heterocycles. The van der Waals surface area contributed by atoms with Crippen LogP contribution in [0.25, 0.3) is 0 Å². The van der Waals surface area contributed by atoms with Crippen LogP contribution in [0.4, 0.5) is 0 Å². The van der Waals surface area contributed by atoms with E-state index in [1.54, 1.807) is 0 Å². The van der Waals surface area contributed by atoms with Crippen LogP contribution in [0.1, 0.15) is 45.4 Å². The van der Waals surface area contributed by atoms with Crippen molar-refractivity contribution < 1.29 is 4.79 Å². The normalized spacial score (nSPS) is 44.9. The van der Waals surface area contributed by atoms with Gasteiger partial charge in [0.2, 0.25) is 5.91 Å². The van der Waals surface area contributed by atoms with E-state index in [0.717, 1.165) is 24.8 Å². The van der Waals surface area contributed by atoms with Crippen LogP contribution in [-0.4, -0.2) is 24.5 Å². The van der Waals surface area contributed by atoms with Gasteiger partial charge in [0.15, 0.2) is 0 Å². The van der Waals surface area contributed by atoms with E-state index < -0.39 is 0 Å². The molecule has 4 unspecified atom stereocenters. The summed E-state index contributed by atoms with van der Waals surface area (Å²) in [6.07, 6.45) is 7.59. The lowest BCUT2D eigenvalue weighted by atomic mass is 9.99. The molecule has 2 N–H and O–H groups in total. The van der Waals surface area contributed by atoms with Crippen LogP contribution in [0, 0.1) is 17.8 Å². The summed E-state index contributed by atoms with van der Waals surface area (Å²) in [4.78, 5) is 12.2. The molecule has 3 rings (SSSR count). The Morgan fingerprint density at radius 2 is 1.82 bits per heavy atom. The largest absolute Gasteiger partial charge is 0.352 e.